The van der Waals surface area contributed by atoms with E-state index in [0.717, 1.165) is 16.6 Å². The highest BCUT2D eigenvalue weighted by Gasteiger charge is 2.05. The molecule has 0 aliphatic carbocycles. The molecule has 1 N–H and O–H groups in total. The Labute approximate surface area is 192 Å². The summed E-state index contributed by atoms with van der Waals surface area (Å²) >= 11 is 0. The smallest absolute Gasteiger partial charge is 0.133 e. The van der Waals surface area contributed by atoms with Crippen LogP contribution in [0.3, 0.4) is 0 Å². The molecule has 1 aromatic carbocycles. The lowest BCUT2D eigenvalue weighted by atomic mass is 10.0. The molecule has 6 heteroatoms. The molecule has 0 unspecified atom stereocenters. The molecule has 0 bridgehead atoms. The van der Waals surface area contributed by atoms with Crippen molar-refractivity contribution in [3.05, 3.63) is 24.3 Å². The van der Waals surface area contributed by atoms with Gasteiger partial charge in [-0.05, 0) is 25.0 Å². The highest BCUT2D eigenvalue weighted by atomic mass is 32.2. The van der Waals surface area contributed by atoms with Crippen LogP contribution < -0.4 is 0 Å². The Hall–Kier alpha value is -1.11. The number of hydrogen-bond acceptors (Lipinski definition) is 4. The van der Waals surface area contributed by atoms with Crippen molar-refractivity contribution in [3.63, 3.8) is 0 Å². The first-order valence-corrected chi connectivity index (χ1v) is 13.5. The fourth-order valence-corrected chi connectivity index (χ4v) is 4.02. The molecule has 0 saturated carbocycles. The molecular formula is C25H47NO4S. The Kier molecular flexibility index (Phi) is 16.8. The third-order valence-electron chi connectivity index (χ3n) is 5.32. The van der Waals surface area contributed by atoms with Crippen LogP contribution >= 0.6 is 0 Å². The molecule has 182 valence electrons. The highest BCUT2D eigenvalue weighted by molar-refractivity contribution is 7.85. The van der Waals surface area contributed by atoms with E-state index in [0.29, 0.717) is 0 Å². The van der Waals surface area contributed by atoms with Gasteiger partial charge in [-0.25, -0.2) is 8.42 Å². The molecule has 0 atom stereocenters. The van der Waals surface area contributed by atoms with E-state index in [1.54, 1.807) is 0 Å². The van der Waals surface area contributed by atoms with Gasteiger partial charge >= 0.3 is 0 Å². The number of rotatable bonds is 16. The quantitative estimate of drug-likeness (QED) is 0.175. The van der Waals surface area contributed by atoms with Crippen LogP contribution in [0.2, 0.25) is 0 Å². The number of para-hydroxylation sites is 1. The minimum Gasteiger partial charge on any atom is -0.744 e. The zero-order valence-electron chi connectivity index (χ0n) is 20.4. The maximum atomic E-state index is 10.3. The predicted octanol–water partition coefficient (Wildman–Crippen LogP) is 6.47. The Balaban J connectivity index is 0.000000683. The Morgan fingerprint density at radius 2 is 1.13 bits per heavy atom. The van der Waals surface area contributed by atoms with Crippen LogP contribution in [-0.4, -0.2) is 50.2 Å². The van der Waals surface area contributed by atoms with Crippen molar-refractivity contribution in [1.29, 1.82) is 0 Å². The van der Waals surface area contributed by atoms with Gasteiger partial charge in [0.25, 0.3) is 0 Å². The van der Waals surface area contributed by atoms with Crippen LogP contribution in [-0.2, 0) is 10.1 Å². The number of phenolic OH excluding ortho intramolecular Hbond substituents is 1. The third kappa shape index (κ3) is 19.3. The summed E-state index contributed by atoms with van der Waals surface area (Å²) in [6.45, 7) is 3.63. The van der Waals surface area contributed by atoms with E-state index in [1.165, 1.54) is 109 Å². The van der Waals surface area contributed by atoms with E-state index >= 15 is 0 Å². The molecule has 0 radical (unpaired) electrons. The van der Waals surface area contributed by atoms with Crippen LogP contribution in [0, 0.1) is 0 Å². The van der Waals surface area contributed by atoms with E-state index in [4.69, 9.17) is 5.11 Å². The average molecular weight is 458 g/mol. The molecule has 0 spiro atoms. The molecule has 5 nitrogen and oxygen atoms in total. The Morgan fingerprint density at radius 3 is 1.45 bits per heavy atom. The molecule has 0 fully saturated rings. The summed E-state index contributed by atoms with van der Waals surface area (Å²) in [5.41, 5.74) is 0. The molecule has 0 heterocycles. The van der Waals surface area contributed by atoms with Crippen LogP contribution in [0.5, 0.6) is 5.75 Å². The number of hydrogen-bond donors (Lipinski definition) is 1. The minimum absolute atomic E-state index is 0.512. The summed E-state index contributed by atoms with van der Waals surface area (Å²) in [7, 11) is 2.35. The lowest BCUT2D eigenvalue weighted by molar-refractivity contribution is -0.870. The van der Waals surface area contributed by atoms with Gasteiger partial charge in [0.15, 0.2) is 0 Å². The van der Waals surface area contributed by atoms with Crippen LogP contribution in [0.25, 0.3) is 0 Å². The van der Waals surface area contributed by atoms with Gasteiger partial charge in [0, 0.05) is 0 Å². The van der Waals surface area contributed by atoms with Gasteiger partial charge in [-0.15, -0.1) is 0 Å². The van der Waals surface area contributed by atoms with Crippen LogP contribution in [0.4, 0.5) is 0 Å². The van der Waals surface area contributed by atoms with Gasteiger partial charge in [0.05, 0.1) is 32.6 Å². The first-order chi connectivity index (χ1) is 14.6. The molecule has 31 heavy (non-hydrogen) atoms. The summed E-state index contributed by atoms with van der Waals surface area (Å²) in [6, 6.07) is 5.00. The first kappa shape index (κ1) is 29.9. The second kappa shape index (κ2) is 17.4. The van der Waals surface area contributed by atoms with Crippen molar-refractivity contribution >= 4 is 10.1 Å². The summed E-state index contributed by atoms with van der Waals surface area (Å²) in [6.07, 6.45) is 20.4. The van der Waals surface area contributed by atoms with Gasteiger partial charge in [0.1, 0.15) is 15.9 Å². The number of benzene rings is 1. The zero-order chi connectivity index (χ0) is 23.6. The summed E-state index contributed by atoms with van der Waals surface area (Å²) in [5, 5.41) is 8.87. The Bertz CT molecular complexity index is 654. The summed E-state index contributed by atoms with van der Waals surface area (Å²) in [4.78, 5) is -0.583. The van der Waals surface area contributed by atoms with E-state index < -0.39 is 20.8 Å². The van der Waals surface area contributed by atoms with Gasteiger partial charge in [-0.3, -0.25) is 0 Å². The van der Waals surface area contributed by atoms with Crippen molar-refractivity contribution in [2.24, 2.45) is 0 Å². The van der Waals surface area contributed by atoms with E-state index in [2.05, 4.69) is 28.1 Å². The average Bonchev–Trinajstić information content (AvgIpc) is 2.67. The van der Waals surface area contributed by atoms with Gasteiger partial charge in [-0.1, -0.05) is 96.1 Å². The van der Waals surface area contributed by atoms with Crippen molar-refractivity contribution in [3.8, 4) is 5.75 Å². The summed E-state index contributed by atoms with van der Waals surface area (Å²) in [5.74, 6) is -0.512. The fraction of sp³-hybridized carbons (Fsp3) is 0.760. The fourth-order valence-electron chi connectivity index (χ4n) is 3.45. The topological polar surface area (TPSA) is 77.4 Å². The lowest BCUT2D eigenvalue weighted by Crippen LogP contribution is -2.35. The highest BCUT2D eigenvalue weighted by Crippen LogP contribution is 2.20. The van der Waals surface area contributed by atoms with Crippen molar-refractivity contribution in [2.75, 3.05) is 27.7 Å². The molecule has 0 amide bonds. The third-order valence-corrected chi connectivity index (χ3v) is 6.20. The van der Waals surface area contributed by atoms with Crippen molar-refractivity contribution < 1.29 is 22.6 Å². The number of quaternary nitrogens is 1. The second-order valence-electron chi connectivity index (χ2n) is 9.53. The zero-order valence-corrected chi connectivity index (χ0v) is 21.3. The number of unbranched alkanes of at least 4 members (excludes halogenated alkanes) is 13. The van der Waals surface area contributed by atoms with E-state index in [-0.39, 0.29) is 0 Å². The second-order valence-corrected chi connectivity index (χ2v) is 10.9. The maximum Gasteiger partial charge on any atom is 0.133 e. The van der Waals surface area contributed by atoms with Crippen molar-refractivity contribution in [2.45, 2.75) is 102 Å². The largest absolute Gasteiger partial charge is 0.744 e. The van der Waals surface area contributed by atoms with Gasteiger partial charge in [0.2, 0.25) is 0 Å². The summed E-state index contributed by atoms with van der Waals surface area (Å²) < 4.78 is 32.1. The molecule has 0 aromatic heterocycles. The molecule has 1 rings (SSSR count). The number of phenols is 1. The number of nitrogens with zero attached hydrogens (tertiary/aromatic N) is 1. The van der Waals surface area contributed by atoms with Gasteiger partial charge in [-0.2, -0.15) is 0 Å². The predicted molar refractivity (Wildman–Crippen MR) is 129 cm³/mol. The minimum atomic E-state index is -4.53. The molecule has 0 aliphatic heterocycles. The van der Waals surface area contributed by atoms with E-state index in [9.17, 15) is 13.0 Å². The number of aromatic hydroxyl groups is 1. The van der Waals surface area contributed by atoms with E-state index in [1.807, 2.05) is 0 Å². The monoisotopic (exact) mass is 457 g/mol. The Morgan fingerprint density at radius 1 is 0.742 bits per heavy atom. The first-order valence-electron chi connectivity index (χ1n) is 12.1. The molecule has 0 aliphatic rings. The normalized spacial score (nSPS) is 11.8. The molecule has 1 aromatic rings. The van der Waals surface area contributed by atoms with Crippen molar-refractivity contribution in [1.82, 2.24) is 0 Å². The van der Waals surface area contributed by atoms with Gasteiger partial charge < -0.3 is 14.1 Å². The van der Waals surface area contributed by atoms with Crippen LogP contribution in [0.15, 0.2) is 29.2 Å². The standard InChI is InChI=1S/C19H42N.C6H6O4S/c1-5-6-7-8-9-10-11-12-13-14-15-16-17-18-19-20(2,3)4;7-5-3-1-2-4-6(5)11(8,9)10/h5-19H2,1-4H3;1-4,7H,(H,8,9,10)/q+1;/p-1. The molecular weight excluding hydrogens is 410 g/mol. The van der Waals surface area contributed by atoms with Crippen LogP contribution in [0.1, 0.15) is 96.8 Å². The molecule has 0 saturated heterocycles. The SMILES string of the molecule is CCCCCCCCCCCCCCCC[N+](C)(C)C.O=S(=O)([O-])c1ccccc1O. The lowest BCUT2D eigenvalue weighted by Gasteiger charge is -2.23. The maximum absolute atomic E-state index is 10.3.